The van der Waals surface area contributed by atoms with Crippen LogP contribution in [0.4, 0.5) is 0 Å². The molecule has 1 fully saturated rings. The van der Waals surface area contributed by atoms with Crippen LogP contribution in [-0.4, -0.2) is 24.0 Å². The Labute approximate surface area is 59.2 Å². The van der Waals surface area contributed by atoms with Crippen molar-refractivity contribution < 1.29 is 9.53 Å². The lowest BCUT2D eigenvalue weighted by atomic mass is 10.2. The van der Waals surface area contributed by atoms with Crippen LogP contribution in [0, 0.1) is 0 Å². The average molecular weight is 147 g/mol. The summed E-state index contributed by atoms with van der Waals surface area (Å²) in [6, 6.07) is -0.113. The fraction of sp³-hybridized carbons (Fsp3) is 0.800. The van der Waals surface area contributed by atoms with Gasteiger partial charge in [0.25, 0.3) is 0 Å². The van der Waals surface area contributed by atoms with Gasteiger partial charge in [-0.15, -0.1) is 0 Å². The van der Waals surface area contributed by atoms with Crippen molar-refractivity contribution in [1.82, 2.24) is 5.32 Å². The zero-order valence-electron chi connectivity index (χ0n) is 5.13. The first kappa shape index (κ1) is 6.89. The third kappa shape index (κ3) is 1.59. The molecule has 0 aliphatic carbocycles. The van der Waals surface area contributed by atoms with Gasteiger partial charge in [0.15, 0.2) is 0 Å². The minimum absolute atomic E-state index is 0.0582. The number of ether oxygens (including phenoxy) is 1. The summed E-state index contributed by atoms with van der Waals surface area (Å²) in [5, 5.41) is 2.98. The highest BCUT2D eigenvalue weighted by molar-refractivity contribution is 7.80. The van der Waals surface area contributed by atoms with E-state index in [1.54, 1.807) is 0 Å². The maximum atomic E-state index is 10.4. The molecule has 0 bridgehead atoms. The topological polar surface area (TPSA) is 38.3 Å². The Morgan fingerprint density at radius 3 is 2.78 bits per heavy atom. The molecule has 2 unspecified atom stereocenters. The average Bonchev–Trinajstić information content (AvgIpc) is 1.79. The normalized spacial score (nSPS) is 28.7. The van der Waals surface area contributed by atoms with Gasteiger partial charge in [0, 0.05) is 5.37 Å². The molecular weight excluding hydrogens is 138 g/mol. The van der Waals surface area contributed by atoms with Gasteiger partial charge in [0.05, 0.1) is 0 Å². The van der Waals surface area contributed by atoms with E-state index in [1.807, 2.05) is 6.92 Å². The summed E-state index contributed by atoms with van der Waals surface area (Å²) in [7, 11) is 0. The lowest BCUT2D eigenvalue weighted by Crippen LogP contribution is -2.52. The molecule has 1 aliphatic heterocycles. The van der Waals surface area contributed by atoms with Gasteiger partial charge in [-0.2, -0.15) is 12.6 Å². The van der Waals surface area contributed by atoms with Crippen LogP contribution in [-0.2, 0) is 9.53 Å². The predicted molar refractivity (Wildman–Crippen MR) is 36.3 cm³/mol. The number of thiol groups is 1. The van der Waals surface area contributed by atoms with Gasteiger partial charge in [-0.05, 0) is 6.92 Å². The van der Waals surface area contributed by atoms with Crippen molar-refractivity contribution in [1.29, 1.82) is 0 Å². The van der Waals surface area contributed by atoms with E-state index in [-0.39, 0.29) is 17.4 Å². The highest BCUT2D eigenvalue weighted by Gasteiger charge is 2.30. The number of cyclic esters (lactones) is 1. The smallest absolute Gasteiger partial charge is 0.326 e. The summed E-state index contributed by atoms with van der Waals surface area (Å²) in [6.45, 7) is 2.36. The van der Waals surface area contributed by atoms with Crippen LogP contribution in [0.5, 0.6) is 0 Å². The van der Waals surface area contributed by atoms with E-state index < -0.39 is 0 Å². The lowest BCUT2D eigenvalue weighted by molar-refractivity contribution is -0.163. The monoisotopic (exact) mass is 147 g/mol. The molecule has 0 aromatic carbocycles. The molecule has 1 saturated heterocycles. The van der Waals surface area contributed by atoms with Crippen LogP contribution >= 0.6 is 12.6 Å². The van der Waals surface area contributed by atoms with Crippen LogP contribution in [0.3, 0.4) is 0 Å². The second-order valence-electron chi connectivity index (χ2n) is 2.03. The highest BCUT2D eigenvalue weighted by Crippen LogP contribution is 2.04. The van der Waals surface area contributed by atoms with E-state index in [4.69, 9.17) is 0 Å². The molecule has 4 heteroatoms. The Hall–Kier alpha value is -0.220. The van der Waals surface area contributed by atoms with Crippen LogP contribution in [0.2, 0.25) is 0 Å². The molecule has 1 N–H and O–H groups in total. The number of carbonyl (C=O) groups excluding carboxylic acids is 1. The molecule has 9 heavy (non-hydrogen) atoms. The van der Waals surface area contributed by atoms with Crippen molar-refractivity contribution in [3.63, 3.8) is 0 Å². The third-order valence-electron chi connectivity index (χ3n) is 1.12. The first-order chi connectivity index (χ1) is 4.20. The molecule has 1 aliphatic rings. The largest absolute Gasteiger partial charge is 0.462 e. The second-order valence-corrected chi connectivity index (χ2v) is 2.80. The summed E-state index contributed by atoms with van der Waals surface area (Å²) in [4.78, 5) is 10.4. The van der Waals surface area contributed by atoms with Gasteiger partial charge in [-0.3, -0.25) is 10.1 Å². The number of carbonyl (C=O) groups is 1. The lowest BCUT2D eigenvalue weighted by Gasteiger charge is -2.26. The summed E-state index contributed by atoms with van der Waals surface area (Å²) in [6.07, 6.45) is 0. The van der Waals surface area contributed by atoms with Gasteiger partial charge in [-0.25, -0.2) is 0 Å². The van der Waals surface area contributed by atoms with Crippen LogP contribution in [0.1, 0.15) is 6.92 Å². The number of nitrogens with one attached hydrogen (secondary N) is 1. The van der Waals surface area contributed by atoms with E-state index >= 15 is 0 Å². The fourth-order valence-corrected chi connectivity index (χ4v) is 0.822. The van der Waals surface area contributed by atoms with Crippen LogP contribution in [0.25, 0.3) is 0 Å². The molecular formula is C5H9NO2S. The van der Waals surface area contributed by atoms with E-state index in [0.717, 1.165) is 0 Å². The number of rotatable bonds is 2. The molecule has 3 nitrogen and oxygen atoms in total. The molecule has 0 aromatic heterocycles. The standard InChI is InChI=1S/C5H9NO2S/c1-3(9)6-4-2-8-5(4)7/h3-4,6,9H,2H2,1H3. The zero-order valence-corrected chi connectivity index (χ0v) is 6.02. The van der Waals surface area contributed by atoms with Crippen molar-refractivity contribution in [2.45, 2.75) is 18.3 Å². The molecule has 0 spiro atoms. The molecule has 0 aromatic rings. The molecule has 0 amide bonds. The van der Waals surface area contributed by atoms with Gasteiger partial charge < -0.3 is 4.74 Å². The highest BCUT2D eigenvalue weighted by atomic mass is 32.1. The van der Waals surface area contributed by atoms with Crippen molar-refractivity contribution >= 4 is 18.6 Å². The zero-order chi connectivity index (χ0) is 6.85. The van der Waals surface area contributed by atoms with Crippen LogP contribution < -0.4 is 5.32 Å². The molecule has 52 valence electrons. The summed E-state index contributed by atoms with van der Waals surface area (Å²) < 4.78 is 4.51. The van der Waals surface area contributed by atoms with E-state index in [2.05, 4.69) is 22.7 Å². The Kier molecular flexibility index (Phi) is 1.97. The Morgan fingerprint density at radius 2 is 2.67 bits per heavy atom. The number of hydrogen-bond donors (Lipinski definition) is 2. The van der Waals surface area contributed by atoms with Crippen molar-refractivity contribution in [3.05, 3.63) is 0 Å². The molecule has 0 saturated carbocycles. The molecule has 1 rings (SSSR count). The van der Waals surface area contributed by atoms with E-state index in [1.165, 1.54) is 0 Å². The summed E-state index contributed by atoms with van der Waals surface area (Å²) in [5.41, 5.74) is 0. The van der Waals surface area contributed by atoms with Crippen molar-refractivity contribution in [2.24, 2.45) is 0 Å². The summed E-state index contributed by atoms with van der Waals surface area (Å²) in [5.74, 6) is -0.170. The van der Waals surface area contributed by atoms with Gasteiger partial charge >= 0.3 is 5.97 Å². The molecule has 1 heterocycles. The van der Waals surface area contributed by atoms with Gasteiger partial charge in [0.1, 0.15) is 12.6 Å². The number of esters is 1. The van der Waals surface area contributed by atoms with Crippen molar-refractivity contribution in [2.75, 3.05) is 6.61 Å². The maximum Gasteiger partial charge on any atom is 0.326 e. The van der Waals surface area contributed by atoms with Gasteiger partial charge in [0.2, 0.25) is 0 Å². The van der Waals surface area contributed by atoms with E-state index in [9.17, 15) is 4.79 Å². The Morgan fingerprint density at radius 1 is 2.00 bits per heavy atom. The SMILES string of the molecule is CC(S)NC1COC1=O. The first-order valence-corrected chi connectivity index (χ1v) is 3.32. The quantitative estimate of drug-likeness (QED) is 0.322. The fourth-order valence-electron chi connectivity index (χ4n) is 0.642. The molecule has 2 atom stereocenters. The maximum absolute atomic E-state index is 10.4. The first-order valence-electron chi connectivity index (χ1n) is 2.81. The van der Waals surface area contributed by atoms with E-state index in [0.29, 0.717) is 6.61 Å². The molecule has 0 radical (unpaired) electrons. The third-order valence-corrected chi connectivity index (χ3v) is 1.27. The minimum atomic E-state index is -0.170. The predicted octanol–water partition coefficient (Wildman–Crippen LogP) is -0.223. The van der Waals surface area contributed by atoms with Gasteiger partial charge in [-0.1, -0.05) is 0 Å². The number of hydrogen-bond acceptors (Lipinski definition) is 4. The Bertz CT molecular complexity index is 126. The minimum Gasteiger partial charge on any atom is -0.462 e. The van der Waals surface area contributed by atoms with Crippen molar-refractivity contribution in [3.8, 4) is 0 Å². The summed E-state index contributed by atoms with van der Waals surface area (Å²) >= 11 is 4.05. The van der Waals surface area contributed by atoms with Crippen LogP contribution in [0.15, 0.2) is 0 Å². The Balaban J connectivity index is 2.21. The second kappa shape index (κ2) is 2.58.